The van der Waals surface area contributed by atoms with Crippen LogP contribution in [0.3, 0.4) is 0 Å². The molecule has 1 aliphatic heterocycles. The van der Waals surface area contributed by atoms with E-state index in [2.05, 4.69) is 191 Å². The molecule has 0 saturated carbocycles. The Kier molecular flexibility index (Phi) is 9.41. The quantitative estimate of drug-likeness (QED) is 0.179. The molecule has 0 N–H and O–H groups in total. The van der Waals surface area contributed by atoms with Gasteiger partial charge in [0, 0.05) is 0 Å². The molecule has 4 aromatic rings. The Balaban J connectivity index is 1.44. The topological polar surface area (TPSA) is 0 Å². The predicted molar refractivity (Wildman–Crippen MR) is 235 cm³/mol. The molecule has 0 amide bonds. The summed E-state index contributed by atoms with van der Waals surface area (Å²) in [5, 5.41) is 0. The zero-order valence-corrected chi connectivity index (χ0v) is 40.2. The van der Waals surface area contributed by atoms with Gasteiger partial charge < -0.3 is 0 Å². The second-order valence-electron chi connectivity index (χ2n) is 22.2. The summed E-state index contributed by atoms with van der Waals surface area (Å²) in [5.74, 6) is 0. The first-order valence-corrected chi connectivity index (χ1v) is 32.2. The third-order valence-corrected chi connectivity index (χ3v) is 28.7. The Morgan fingerprint density at radius 2 is 0.852 bits per heavy atom. The van der Waals surface area contributed by atoms with Crippen molar-refractivity contribution in [2.24, 2.45) is 5.41 Å². The third-order valence-electron chi connectivity index (χ3n) is 13.6. The van der Waals surface area contributed by atoms with Gasteiger partial charge >= 0.3 is 336 Å². The number of fused-ring (bicyclic) bond motifs is 6. The summed E-state index contributed by atoms with van der Waals surface area (Å²) < 4.78 is 6.75. The average molecular weight is 884 g/mol. The zero-order chi connectivity index (χ0) is 39.6. The van der Waals surface area contributed by atoms with Crippen LogP contribution in [0.15, 0.2) is 83.9 Å². The van der Waals surface area contributed by atoms with Crippen molar-refractivity contribution in [3.05, 3.63) is 128 Å². The predicted octanol–water partition coefficient (Wildman–Crippen LogP) is 15.9. The molecule has 7 rings (SSSR count). The first-order valence-electron chi connectivity index (χ1n) is 20.9. The van der Waals surface area contributed by atoms with E-state index in [1.165, 1.54) is 68.5 Å². The Morgan fingerprint density at radius 1 is 0.519 bits per heavy atom. The van der Waals surface area contributed by atoms with Crippen LogP contribution in [0.1, 0.15) is 162 Å². The van der Waals surface area contributed by atoms with Crippen molar-refractivity contribution >= 4 is 12.2 Å². The molecule has 0 bridgehead atoms. The minimum absolute atomic E-state index is 0.0276. The second-order valence-corrected chi connectivity index (χ2v) is 39.4. The van der Waals surface area contributed by atoms with E-state index in [4.69, 9.17) is 0 Å². The van der Waals surface area contributed by atoms with E-state index in [-0.39, 0.29) is 27.1 Å². The summed E-state index contributed by atoms with van der Waals surface area (Å²) in [6, 6.07) is 29.6. The molecule has 2 unspecified atom stereocenters. The van der Waals surface area contributed by atoms with Crippen LogP contribution in [-0.4, -0.2) is 0 Å². The van der Waals surface area contributed by atoms with Crippen LogP contribution in [0.2, 0.25) is 9.36 Å². The number of rotatable bonds is 4. The van der Waals surface area contributed by atoms with Crippen molar-refractivity contribution in [2.75, 3.05) is 0 Å². The van der Waals surface area contributed by atoms with Gasteiger partial charge in [-0.05, 0) is 0 Å². The molecule has 2 aliphatic carbocycles. The number of benzene rings is 4. The summed E-state index contributed by atoms with van der Waals surface area (Å²) in [7, 11) is 0. The normalized spacial score (nSPS) is 21.9. The molecular formula is C53H68Hf. The number of hydrogen-bond acceptors (Lipinski definition) is 0. The number of allylic oxidation sites excluding steroid dienone is 2. The summed E-state index contributed by atoms with van der Waals surface area (Å²) in [4.78, 5) is 0. The molecule has 0 aromatic heterocycles. The maximum atomic E-state index is 2.80. The van der Waals surface area contributed by atoms with Gasteiger partial charge in [0.15, 0.2) is 0 Å². The van der Waals surface area contributed by atoms with Crippen molar-refractivity contribution in [1.82, 2.24) is 0 Å². The first kappa shape index (κ1) is 39.5. The van der Waals surface area contributed by atoms with E-state index < -0.39 is 20.0 Å². The van der Waals surface area contributed by atoms with Crippen LogP contribution in [0.4, 0.5) is 0 Å². The van der Waals surface area contributed by atoms with Gasteiger partial charge in [0.25, 0.3) is 0 Å². The van der Waals surface area contributed by atoms with Crippen molar-refractivity contribution < 1.29 is 20.0 Å². The Labute approximate surface area is 334 Å². The van der Waals surface area contributed by atoms with Crippen molar-refractivity contribution in [1.29, 1.82) is 0 Å². The molecule has 0 radical (unpaired) electrons. The van der Waals surface area contributed by atoms with Crippen LogP contribution in [-0.2, 0) is 41.6 Å². The molecule has 4 aromatic carbocycles. The van der Waals surface area contributed by atoms with Gasteiger partial charge in [0.05, 0.1) is 0 Å². The van der Waals surface area contributed by atoms with E-state index in [0.29, 0.717) is 7.35 Å². The molecule has 0 spiro atoms. The molecule has 1 heterocycles. The Bertz CT molecular complexity index is 1990. The summed E-state index contributed by atoms with van der Waals surface area (Å²) >= 11 is -3.22. The first-order chi connectivity index (χ1) is 24.9. The average Bonchev–Trinajstić information content (AvgIpc) is 3.68. The zero-order valence-electron chi connectivity index (χ0n) is 36.7. The van der Waals surface area contributed by atoms with E-state index in [1.54, 1.807) is 22.3 Å². The van der Waals surface area contributed by atoms with Crippen LogP contribution >= 0.6 is 0 Å². The monoisotopic (exact) mass is 884 g/mol. The van der Waals surface area contributed by atoms with E-state index >= 15 is 0 Å². The van der Waals surface area contributed by atoms with Crippen molar-refractivity contribution in [3.8, 4) is 22.3 Å². The standard InChI is InChI=1S/C51H62.2CH3.Hf/c1-15-22-51(14,41-23-33-18-16-20-43(45(33)31-41)35-25-37(47(2,3)4)29-38(26-35)48(5,6)7)42-24-34-19-17-21-44(46(34)32-42)36-27-39(49(8,9)10)30-40(28-36)50(11,12)13;;;/h16-21,23-32H,15,22H2,1-14H3;2*1H3;. The SMILES string of the molecule is CCCC1(C)C2=Cc3c(-c4cc(C(C)(C)C)cc(C(C)(C)C)c4)cccc3[CH]2[Hf]([CH3])([CH3])[CH]2C1=Cc1c(-c3cc(C(C)(C)C)cc(C(C)(C)C)c3)cccc12. The van der Waals surface area contributed by atoms with Gasteiger partial charge in [-0.1, -0.05) is 0 Å². The molecule has 1 heteroatoms. The molecule has 2 atom stereocenters. The van der Waals surface area contributed by atoms with Crippen LogP contribution < -0.4 is 0 Å². The van der Waals surface area contributed by atoms with Crippen LogP contribution in [0.5, 0.6) is 0 Å². The molecule has 1 fully saturated rings. The van der Waals surface area contributed by atoms with Gasteiger partial charge in [-0.2, -0.15) is 0 Å². The van der Waals surface area contributed by atoms with Crippen molar-refractivity contribution in [2.45, 2.75) is 148 Å². The molecular weight excluding hydrogens is 815 g/mol. The van der Waals surface area contributed by atoms with Gasteiger partial charge in [0.1, 0.15) is 0 Å². The van der Waals surface area contributed by atoms with Crippen LogP contribution in [0.25, 0.3) is 34.4 Å². The van der Waals surface area contributed by atoms with E-state index in [9.17, 15) is 0 Å². The summed E-state index contributed by atoms with van der Waals surface area (Å²) in [6.07, 6.45) is 7.81. The summed E-state index contributed by atoms with van der Waals surface area (Å²) in [6.45, 7) is 33.3. The molecule has 1 saturated heterocycles. The fraction of sp³-hybridized carbons (Fsp3) is 0.472. The fourth-order valence-electron chi connectivity index (χ4n) is 10.3. The van der Waals surface area contributed by atoms with Crippen LogP contribution in [0, 0.1) is 5.41 Å². The summed E-state index contributed by atoms with van der Waals surface area (Å²) in [5.41, 5.74) is 21.4. The molecule has 0 nitrogen and oxygen atoms in total. The molecule has 3 aliphatic rings. The fourth-order valence-corrected chi connectivity index (χ4v) is 27.7. The van der Waals surface area contributed by atoms with Gasteiger partial charge in [-0.3, -0.25) is 0 Å². The van der Waals surface area contributed by atoms with Gasteiger partial charge in [-0.15, -0.1) is 0 Å². The second kappa shape index (κ2) is 12.9. The number of hydrogen-bond donors (Lipinski definition) is 0. The van der Waals surface area contributed by atoms with Gasteiger partial charge in [-0.25, -0.2) is 0 Å². The molecule has 284 valence electrons. The molecule has 54 heavy (non-hydrogen) atoms. The van der Waals surface area contributed by atoms with Crippen molar-refractivity contribution in [3.63, 3.8) is 0 Å². The Hall–Kier alpha value is -2.77. The van der Waals surface area contributed by atoms with E-state index in [1.807, 2.05) is 0 Å². The van der Waals surface area contributed by atoms with Gasteiger partial charge in [0.2, 0.25) is 0 Å². The maximum absolute atomic E-state index is 3.22. The third kappa shape index (κ3) is 6.45. The Morgan fingerprint density at radius 3 is 1.15 bits per heavy atom. The van der Waals surface area contributed by atoms with E-state index in [0.717, 1.165) is 0 Å². The minimum atomic E-state index is -3.22.